The first-order valence-corrected chi connectivity index (χ1v) is 4.74. The van der Waals surface area contributed by atoms with Crippen molar-refractivity contribution in [2.24, 2.45) is 0 Å². The summed E-state index contributed by atoms with van der Waals surface area (Å²) >= 11 is 0. The van der Waals surface area contributed by atoms with Crippen molar-refractivity contribution in [1.82, 2.24) is 0 Å². The van der Waals surface area contributed by atoms with Crippen LogP contribution in [0.5, 0.6) is 0 Å². The maximum Gasteiger partial charge on any atom is 0.511 e. The molecule has 1 N–H and O–H groups in total. The smallest absolute Gasteiger partial charge is 0.350 e. The van der Waals surface area contributed by atoms with Crippen LogP contribution in [0.2, 0.25) is 0 Å². The third-order valence-electron chi connectivity index (χ3n) is 1.66. The second kappa shape index (κ2) is 4.78. The highest BCUT2D eigenvalue weighted by atomic mass is 31.1. The molecule has 4 nitrogen and oxygen atoms in total. The molecule has 0 aliphatic rings. The van der Waals surface area contributed by atoms with Gasteiger partial charge < -0.3 is 9.47 Å². The zero-order valence-corrected chi connectivity index (χ0v) is 7.93. The molecule has 1 unspecified atom stereocenters. The summed E-state index contributed by atoms with van der Waals surface area (Å²) in [5, 5.41) is 0. The Morgan fingerprint density at radius 1 is 1.45 bits per heavy atom. The third-order valence-corrected chi connectivity index (χ3v) is 2.41. The van der Waals surface area contributed by atoms with E-state index in [2.05, 4.69) is 0 Å². The van der Waals surface area contributed by atoms with Crippen LogP contribution in [0, 0.1) is 0 Å². The lowest BCUT2D eigenvalue weighted by Crippen LogP contribution is -2.35. The van der Waals surface area contributed by atoms with Crippen molar-refractivity contribution >= 4 is 8.03 Å². The van der Waals surface area contributed by atoms with E-state index in [-0.39, 0.29) is 6.16 Å². The van der Waals surface area contributed by atoms with Crippen molar-refractivity contribution in [2.75, 3.05) is 20.4 Å². The lowest BCUT2D eigenvalue weighted by Gasteiger charge is -2.23. The van der Waals surface area contributed by atoms with E-state index in [0.717, 1.165) is 0 Å². The summed E-state index contributed by atoms with van der Waals surface area (Å²) in [5.74, 6) is -0.887. The zero-order chi connectivity index (χ0) is 8.91. The normalized spacial score (nSPS) is 13.3. The van der Waals surface area contributed by atoms with Gasteiger partial charge in [0.05, 0.1) is 0 Å². The Labute approximate surface area is 67.4 Å². The predicted molar refractivity (Wildman–Crippen MR) is 41.7 cm³/mol. The highest BCUT2D eigenvalue weighted by Crippen LogP contribution is 2.27. The fourth-order valence-corrected chi connectivity index (χ4v) is 1.71. The van der Waals surface area contributed by atoms with E-state index in [1.165, 1.54) is 14.2 Å². The van der Waals surface area contributed by atoms with E-state index in [4.69, 9.17) is 14.4 Å². The second-order valence-corrected chi connectivity index (χ2v) is 3.20. The van der Waals surface area contributed by atoms with Gasteiger partial charge >= 0.3 is 8.03 Å². The number of hydrogen-bond acceptors (Lipinski definition) is 3. The Hall–Kier alpha value is -0.0200. The van der Waals surface area contributed by atoms with E-state index in [9.17, 15) is 4.57 Å². The predicted octanol–water partition coefficient (Wildman–Crippen LogP) is 1.12. The Balaban J connectivity index is 4.16. The maximum atomic E-state index is 10.5. The van der Waals surface area contributed by atoms with Crippen LogP contribution < -0.4 is 0 Å². The van der Waals surface area contributed by atoms with Crippen LogP contribution in [0.1, 0.15) is 13.3 Å². The van der Waals surface area contributed by atoms with E-state index in [0.29, 0.717) is 6.42 Å². The first kappa shape index (κ1) is 11.0. The molecule has 0 aromatic carbocycles. The van der Waals surface area contributed by atoms with Crippen molar-refractivity contribution in [3.05, 3.63) is 0 Å². The standard InChI is InChI=1S/C6H13O4P/c1-4-6(9-2,10-3)5-11(7)8/h4-5H2,1-3H3/p+1. The molecule has 0 amide bonds. The van der Waals surface area contributed by atoms with Crippen LogP contribution in [-0.2, 0) is 14.0 Å². The molecule has 0 saturated carbocycles. The largest absolute Gasteiger partial charge is 0.511 e. The van der Waals surface area contributed by atoms with Gasteiger partial charge in [-0.05, 0) is 4.57 Å². The molecular weight excluding hydrogens is 167 g/mol. The van der Waals surface area contributed by atoms with Gasteiger partial charge in [0.25, 0.3) is 0 Å². The van der Waals surface area contributed by atoms with E-state index >= 15 is 0 Å². The van der Waals surface area contributed by atoms with Gasteiger partial charge in [-0.2, -0.15) is 4.89 Å². The molecule has 0 aliphatic heterocycles. The average Bonchev–Trinajstić information content (AvgIpc) is 2.00. The van der Waals surface area contributed by atoms with Gasteiger partial charge in [0.15, 0.2) is 0 Å². The van der Waals surface area contributed by atoms with Crippen molar-refractivity contribution in [3.8, 4) is 0 Å². The topological polar surface area (TPSA) is 55.8 Å². The molecule has 0 bridgehead atoms. The Morgan fingerprint density at radius 2 is 1.91 bits per heavy atom. The Kier molecular flexibility index (Phi) is 4.77. The van der Waals surface area contributed by atoms with Gasteiger partial charge in [0.2, 0.25) is 11.9 Å². The van der Waals surface area contributed by atoms with E-state index in [1.807, 2.05) is 6.92 Å². The molecule has 0 saturated heterocycles. The molecule has 11 heavy (non-hydrogen) atoms. The summed E-state index contributed by atoms with van der Waals surface area (Å²) < 4.78 is 20.4. The molecule has 0 radical (unpaired) electrons. The van der Waals surface area contributed by atoms with Gasteiger partial charge in [0.1, 0.15) is 0 Å². The quantitative estimate of drug-likeness (QED) is 0.510. The van der Waals surface area contributed by atoms with Gasteiger partial charge in [-0.1, -0.05) is 6.92 Å². The van der Waals surface area contributed by atoms with Crippen LogP contribution in [-0.4, -0.2) is 31.1 Å². The van der Waals surface area contributed by atoms with Crippen molar-refractivity contribution in [1.29, 1.82) is 0 Å². The number of hydrogen-bond donors (Lipinski definition) is 1. The first-order valence-electron chi connectivity index (χ1n) is 3.34. The minimum atomic E-state index is -2.21. The Morgan fingerprint density at radius 3 is 2.00 bits per heavy atom. The van der Waals surface area contributed by atoms with Crippen LogP contribution in [0.15, 0.2) is 0 Å². The van der Waals surface area contributed by atoms with Gasteiger partial charge in [-0.3, -0.25) is 0 Å². The highest BCUT2D eigenvalue weighted by molar-refractivity contribution is 7.38. The molecule has 66 valence electrons. The molecule has 5 heteroatoms. The summed E-state index contributed by atoms with van der Waals surface area (Å²) in [4.78, 5) is 8.63. The van der Waals surface area contributed by atoms with Crippen LogP contribution in [0.25, 0.3) is 0 Å². The third kappa shape index (κ3) is 3.25. The minimum Gasteiger partial charge on any atom is -0.350 e. The fraction of sp³-hybridized carbons (Fsp3) is 1.00. The lowest BCUT2D eigenvalue weighted by molar-refractivity contribution is -0.191. The van der Waals surface area contributed by atoms with Crippen LogP contribution >= 0.6 is 8.03 Å². The molecule has 0 fully saturated rings. The summed E-state index contributed by atoms with van der Waals surface area (Å²) in [6, 6.07) is 0. The zero-order valence-electron chi connectivity index (χ0n) is 7.03. The molecule has 0 aromatic rings. The highest BCUT2D eigenvalue weighted by Gasteiger charge is 2.37. The van der Waals surface area contributed by atoms with E-state index in [1.54, 1.807) is 0 Å². The maximum absolute atomic E-state index is 10.5. The Bertz CT molecular complexity index is 124. The molecule has 0 heterocycles. The first-order chi connectivity index (χ1) is 5.10. The lowest BCUT2D eigenvalue weighted by atomic mass is 10.2. The molecule has 0 aromatic heterocycles. The molecule has 0 aliphatic carbocycles. The van der Waals surface area contributed by atoms with Crippen LogP contribution in [0.4, 0.5) is 0 Å². The molecule has 0 rings (SSSR count). The summed E-state index contributed by atoms with van der Waals surface area (Å²) in [6.07, 6.45) is 0.577. The summed E-state index contributed by atoms with van der Waals surface area (Å²) in [7, 11) is 0.722. The molecule has 0 spiro atoms. The van der Waals surface area contributed by atoms with Crippen molar-refractivity contribution < 1.29 is 18.9 Å². The van der Waals surface area contributed by atoms with Crippen LogP contribution in [0.3, 0.4) is 0 Å². The van der Waals surface area contributed by atoms with Gasteiger partial charge in [-0.15, -0.1) is 0 Å². The minimum absolute atomic E-state index is 0.0197. The number of rotatable bonds is 5. The second-order valence-electron chi connectivity index (χ2n) is 2.18. The van der Waals surface area contributed by atoms with Gasteiger partial charge in [0, 0.05) is 20.6 Å². The van der Waals surface area contributed by atoms with Gasteiger partial charge in [-0.25, -0.2) is 0 Å². The number of ether oxygens (including phenoxy) is 2. The number of methoxy groups -OCH3 is 2. The molecule has 1 atom stereocenters. The SMILES string of the molecule is CCC(C[P+](=O)O)(OC)OC. The fourth-order valence-electron chi connectivity index (χ4n) is 0.819. The van der Waals surface area contributed by atoms with E-state index < -0.39 is 13.8 Å². The monoisotopic (exact) mass is 181 g/mol. The summed E-state index contributed by atoms with van der Waals surface area (Å²) in [5.41, 5.74) is 0. The van der Waals surface area contributed by atoms with Crippen molar-refractivity contribution in [2.45, 2.75) is 19.1 Å². The molecular formula is C6H14O4P+. The average molecular weight is 181 g/mol. The summed E-state index contributed by atoms with van der Waals surface area (Å²) in [6.45, 7) is 1.84. The van der Waals surface area contributed by atoms with Crippen molar-refractivity contribution in [3.63, 3.8) is 0 Å².